The van der Waals surface area contributed by atoms with Gasteiger partial charge in [0.1, 0.15) is 11.5 Å². The average Bonchev–Trinajstić information content (AvgIpc) is 2.36. The van der Waals surface area contributed by atoms with E-state index in [0.717, 1.165) is 5.56 Å². The van der Waals surface area contributed by atoms with Crippen LogP contribution >= 0.6 is 0 Å². The maximum Gasteiger partial charge on any atom is 0.335 e. The molecule has 94 valence electrons. The van der Waals surface area contributed by atoms with Gasteiger partial charge >= 0.3 is 5.97 Å². The van der Waals surface area contributed by atoms with E-state index in [0.29, 0.717) is 11.5 Å². The molecule has 0 aromatic heterocycles. The number of carbonyl (C=O) groups is 1. The van der Waals surface area contributed by atoms with Gasteiger partial charge in [-0.2, -0.15) is 0 Å². The molecule has 0 aliphatic heterocycles. The van der Waals surface area contributed by atoms with E-state index < -0.39 is 12.1 Å². The summed E-state index contributed by atoms with van der Waals surface area (Å²) in [5, 5.41) is 9.54. The van der Waals surface area contributed by atoms with Crippen LogP contribution < -0.4 is 9.47 Å². The summed E-state index contributed by atoms with van der Waals surface area (Å²) in [6.07, 6.45) is -1.03. The van der Waals surface area contributed by atoms with E-state index in [-0.39, 0.29) is 6.42 Å². The smallest absolute Gasteiger partial charge is 0.335 e. The number of methoxy groups -OCH3 is 3. The van der Waals surface area contributed by atoms with Gasteiger partial charge < -0.3 is 19.3 Å². The third kappa shape index (κ3) is 3.64. The van der Waals surface area contributed by atoms with Crippen molar-refractivity contribution in [3.63, 3.8) is 0 Å². The van der Waals surface area contributed by atoms with Crippen LogP contribution in [0.2, 0.25) is 0 Å². The van der Waals surface area contributed by atoms with Gasteiger partial charge in [-0.05, 0) is 17.7 Å². The SMILES string of the molecule is COC(=O)C(O)Cc1cc(OC)cc(OC)c1. The molecule has 0 bridgehead atoms. The molecule has 0 radical (unpaired) electrons. The van der Waals surface area contributed by atoms with Crippen molar-refractivity contribution in [2.75, 3.05) is 21.3 Å². The monoisotopic (exact) mass is 240 g/mol. The lowest BCUT2D eigenvalue weighted by Gasteiger charge is -2.11. The van der Waals surface area contributed by atoms with Crippen molar-refractivity contribution in [2.24, 2.45) is 0 Å². The Morgan fingerprint density at radius 1 is 1.18 bits per heavy atom. The Bertz CT molecular complexity index is 366. The molecular weight excluding hydrogens is 224 g/mol. The molecule has 0 spiro atoms. The van der Waals surface area contributed by atoms with Gasteiger partial charge in [-0.15, -0.1) is 0 Å². The van der Waals surface area contributed by atoms with Crippen LogP contribution in [-0.2, 0) is 16.0 Å². The maximum absolute atomic E-state index is 11.1. The quantitative estimate of drug-likeness (QED) is 0.770. The molecule has 0 amide bonds. The highest BCUT2D eigenvalue weighted by molar-refractivity contribution is 5.74. The molecule has 0 aliphatic rings. The molecule has 0 saturated heterocycles. The second-order valence-corrected chi connectivity index (χ2v) is 3.46. The minimum atomic E-state index is -1.18. The Kier molecular flexibility index (Phi) is 4.78. The van der Waals surface area contributed by atoms with Gasteiger partial charge in [0.25, 0.3) is 0 Å². The van der Waals surface area contributed by atoms with E-state index in [4.69, 9.17) is 9.47 Å². The van der Waals surface area contributed by atoms with Crippen molar-refractivity contribution >= 4 is 5.97 Å². The first-order chi connectivity index (χ1) is 8.10. The van der Waals surface area contributed by atoms with E-state index in [9.17, 15) is 9.90 Å². The number of hydrogen-bond acceptors (Lipinski definition) is 5. The molecule has 1 N–H and O–H groups in total. The van der Waals surface area contributed by atoms with Crippen LogP contribution in [0.1, 0.15) is 5.56 Å². The fourth-order valence-corrected chi connectivity index (χ4v) is 1.43. The van der Waals surface area contributed by atoms with Gasteiger partial charge in [-0.1, -0.05) is 0 Å². The van der Waals surface area contributed by atoms with Crippen molar-refractivity contribution in [3.8, 4) is 11.5 Å². The molecule has 1 atom stereocenters. The molecule has 1 rings (SSSR count). The summed E-state index contributed by atoms with van der Waals surface area (Å²) in [6.45, 7) is 0. The number of aliphatic hydroxyl groups is 1. The fraction of sp³-hybridized carbons (Fsp3) is 0.417. The minimum absolute atomic E-state index is 0.153. The Morgan fingerprint density at radius 3 is 2.12 bits per heavy atom. The van der Waals surface area contributed by atoms with Crippen molar-refractivity contribution in [1.82, 2.24) is 0 Å². The number of rotatable bonds is 5. The van der Waals surface area contributed by atoms with Crippen LogP contribution in [0, 0.1) is 0 Å². The molecule has 0 fully saturated rings. The van der Waals surface area contributed by atoms with Gasteiger partial charge in [0, 0.05) is 12.5 Å². The van der Waals surface area contributed by atoms with Crippen LogP contribution in [0.4, 0.5) is 0 Å². The number of aliphatic hydroxyl groups excluding tert-OH is 1. The second kappa shape index (κ2) is 6.10. The summed E-state index contributed by atoms with van der Waals surface area (Å²) in [7, 11) is 4.31. The summed E-state index contributed by atoms with van der Waals surface area (Å²) in [6, 6.07) is 5.18. The van der Waals surface area contributed by atoms with Crippen molar-refractivity contribution < 1.29 is 24.1 Å². The van der Waals surface area contributed by atoms with E-state index in [1.54, 1.807) is 18.2 Å². The summed E-state index contributed by atoms with van der Waals surface area (Å²) in [5.74, 6) is 0.555. The second-order valence-electron chi connectivity index (χ2n) is 3.46. The van der Waals surface area contributed by atoms with Crippen molar-refractivity contribution in [2.45, 2.75) is 12.5 Å². The Balaban J connectivity index is 2.86. The van der Waals surface area contributed by atoms with Crippen molar-refractivity contribution in [3.05, 3.63) is 23.8 Å². The Hall–Kier alpha value is -1.75. The lowest BCUT2D eigenvalue weighted by Crippen LogP contribution is -2.24. The summed E-state index contributed by atoms with van der Waals surface area (Å²) >= 11 is 0. The molecule has 0 saturated carbocycles. The zero-order valence-electron chi connectivity index (χ0n) is 10.1. The van der Waals surface area contributed by atoms with Gasteiger partial charge in [-0.25, -0.2) is 4.79 Å². The molecule has 5 nitrogen and oxygen atoms in total. The normalized spacial score (nSPS) is 11.8. The third-order valence-electron chi connectivity index (χ3n) is 2.31. The Morgan fingerprint density at radius 2 is 1.71 bits per heavy atom. The first kappa shape index (κ1) is 13.3. The van der Waals surface area contributed by atoms with E-state index in [1.807, 2.05) is 0 Å². The van der Waals surface area contributed by atoms with Crippen LogP contribution in [-0.4, -0.2) is 38.5 Å². The standard InChI is InChI=1S/C12H16O5/c1-15-9-4-8(5-10(7-9)16-2)6-11(13)12(14)17-3/h4-5,7,11,13H,6H2,1-3H3. The zero-order chi connectivity index (χ0) is 12.8. The summed E-state index contributed by atoms with van der Waals surface area (Å²) in [4.78, 5) is 11.1. The van der Waals surface area contributed by atoms with Crippen LogP contribution in [0.25, 0.3) is 0 Å². The van der Waals surface area contributed by atoms with Gasteiger partial charge in [-0.3, -0.25) is 0 Å². The first-order valence-corrected chi connectivity index (χ1v) is 5.08. The third-order valence-corrected chi connectivity index (χ3v) is 2.31. The fourth-order valence-electron chi connectivity index (χ4n) is 1.43. The minimum Gasteiger partial charge on any atom is -0.497 e. The predicted molar refractivity (Wildman–Crippen MR) is 61.3 cm³/mol. The van der Waals surface area contributed by atoms with Crippen LogP contribution in [0.15, 0.2) is 18.2 Å². The predicted octanol–water partition coefficient (Wildman–Crippen LogP) is 0.780. The van der Waals surface area contributed by atoms with Gasteiger partial charge in [0.05, 0.1) is 21.3 Å². The number of carbonyl (C=O) groups excluding carboxylic acids is 1. The van der Waals surface area contributed by atoms with E-state index in [1.165, 1.54) is 21.3 Å². The van der Waals surface area contributed by atoms with Crippen LogP contribution in [0.3, 0.4) is 0 Å². The van der Waals surface area contributed by atoms with E-state index in [2.05, 4.69) is 4.74 Å². The molecule has 1 aromatic carbocycles. The molecular formula is C12H16O5. The molecule has 17 heavy (non-hydrogen) atoms. The lowest BCUT2D eigenvalue weighted by atomic mass is 10.1. The van der Waals surface area contributed by atoms with Crippen LogP contribution in [0.5, 0.6) is 11.5 Å². The Labute approximate surface area is 99.9 Å². The number of ether oxygens (including phenoxy) is 3. The highest BCUT2D eigenvalue weighted by Crippen LogP contribution is 2.23. The summed E-state index contributed by atoms with van der Waals surface area (Å²) < 4.78 is 14.6. The summed E-state index contributed by atoms with van der Waals surface area (Å²) in [5.41, 5.74) is 0.735. The number of hydrogen-bond donors (Lipinski definition) is 1. The molecule has 1 unspecified atom stereocenters. The maximum atomic E-state index is 11.1. The largest absolute Gasteiger partial charge is 0.497 e. The zero-order valence-corrected chi connectivity index (χ0v) is 10.1. The molecule has 5 heteroatoms. The number of benzene rings is 1. The average molecular weight is 240 g/mol. The molecule has 0 heterocycles. The van der Waals surface area contributed by atoms with Gasteiger partial charge in [0.2, 0.25) is 0 Å². The number of esters is 1. The topological polar surface area (TPSA) is 65.0 Å². The van der Waals surface area contributed by atoms with E-state index >= 15 is 0 Å². The van der Waals surface area contributed by atoms with Gasteiger partial charge in [0.15, 0.2) is 6.10 Å². The first-order valence-electron chi connectivity index (χ1n) is 5.08. The highest BCUT2D eigenvalue weighted by atomic mass is 16.5. The molecule has 1 aromatic rings. The van der Waals surface area contributed by atoms with Crippen molar-refractivity contribution in [1.29, 1.82) is 0 Å². The molecule has 0 aliphatic carbocycles. The lowest BCUT2D eigenvalue weighted by molar-refractivity contribution is -0.150. The highest BCUT2D eigenvalue weighted by Gasteiger charge is 2.16.